The maximum Gasteiger partial charge on any atom is 0.0853 e. The quantitative estimate of drug-likeness (QED) is 0.804. The van der Waals surface area contributed by atoms with Gasteiger partial charge in [0.05, 0.1) is 34.0 Å². The van der Waals surface area contributed by atoms with Gasteiger partial charge in [0.15, 0.2) is 0 Å². The van der Waals surface area contributed by atoms with Crippen LogP contribution in [0.3, 0.4) is 0 Å². The number of nitrogens with zero attached hydrogens (tertiary/aromatic N) is 3. The van der Waals surface area contributed by atoms with Crippen LogP contribution in [0.5, 0.6) is 0 Å². The second-order valence-corrected chi connectivity index (χ2v) is 3.75. The Kier molecular flexibility index (Phi) is 2.36. The molecule has 2 rings (SSSR count). The van der Waals surface area contributed by atoms with Crippen molar-refractivity contribution in [2.24, 2.45) is 0 Å². The minimum atomic E-state index is 0.608. The van der Waals surface area contributed by atoms with Crippen LogP contribution in [0.15, 0.2) is 18.5 Å². The average molecular weight is 223 g/mol. The van der Waals surface area contributed by atoms with Crippen molar-refractivity contribution in [3.63, 3.8) is 0 Å². The molecule has 0 bridgehead atoms. The van der Waals surface area contributed by atoms with Crippen LogP contribution in [-0.2, 0) is 0 Å². The molecule has 0 fully saturated rings. The number of anilines is 1. The van der Waals surface area contributed by atoms with Crippen LogP contribution in [-0.4, -0.2) is 14.8 Å². The normalized spacial score (nSPS) is 10.6. The van der Waals surface area contributed by atoms with Crippen LogP contribution in [0.2, 0.25) is 5.02 Å². The zero-order chi connectivity index (χ0) is 11.0. The fourth-order valence-electron chi connectivity index (χ4n) is 1.44. The van der Waals surface area contributed by atoms with E-state index in [1.54, 1.807) is 17.1 Å². The van der Waals surface area contributed by atoms with Gasteiger partial charge in [0.1, 0.15) is 0 Å². The monoisotopic (exact) mass is 222 g/mol. The molecule has 4 nitrogen and oxygen atoms in total. The first-order chi connectivity index (χ1) is 7.09. The highest BCUT2D eigenvalue weighted by Crippen LogP contribution is 2.22. The minimum Gasteiger partial charge on any atom is -0.397 e. The fraction of sp³-hybridized carbons (Fsp3) is 0.200. The largest absolute Gasteiger partial charge is 0.397 e. The molecular weight excluding hydrogens is 212 g/mol. The summed E-state index contributed by atoms with van der Waals surface area (Å²) in [5, 5.41) is 4.99. The van der Waals surface area contributed by atoms with Crippen LogP contribution in [0.1, 0.15) is 11.4 Å². The number of hydrogen-bond donors (Lipinski definition) is 1. The summed E-state index contributed by atoms with van der Waals surface area (Å²) in [6.45, 7) is 3.77. The standard InChI is InChI=1S/C10H11ClN4/c1-6-10(11)7(2)15(14-6)9-3-8(12)4-13-5-9/h3-5H,12H2,1-2H3. The molecule has 2 aromatic rings. The van der Waals surface area contributed by atoms with Gasteiger partial charge in [-0.1, -0.05) is 11.6 Å². The lowest BCUT2D eigenvalue weighted by atomic mass is 10.3. The lowest BCUT2D eigenvalue weighted by molar-refractivity contribution is 0.829. The number of rotatable bonds is 1. The second kappa shape index (κ2) is 3.55. The molecule has 5 heteroatoms. The minimum absolute atomic E-state index is 0.608. The highest BCUT2D eigenvalue weighted by atomic mass is 35.5. The smallest absolute Gasteiger partial charge is 0.0853 e. The van der Waals surface area contributed by atoms with E-state index < -0.39 is 0 Å². The molecular formula is C10H11ClN4. The Morgan fingerprint density at radius 1 is 1.33 bits per heavy atom. The number of nitrogens with two attached hydrogens (primary N) is 1. The molecule has 0 unspecified atom stereocenters. The molecule has 0 aliphatic carbocycles. The summed E-state index contributed by atoms with van der Waals surface area (Å²) >= 11 is 6.05. The van der Waals surface area contributed by atoms with E-state index in [1.807, 2.05) is 19.9 Å². The molecule has 15 heavy (non-hydrogen) atoms. The third kappa shape index (κ3) is 1.68. The Bertz CT molecular complexity index is 504. The molecule has 78 valence electrons. The number of halogens is 1. The molecule has 0 spiro atoms. The Labute approximate surface area is 92.7 Å². The van der Waals surface area contributed by atoms with Crippen molar-refractivity contribution in [1.82, 2.24) is 14.8 Å². The first-order valence-electron chi connectivity index (χ1n) is 4.52. The molecule has 0 aliphatic heterocycles. The van der Waals surface area contributed by atoms with Crippen molar-refractivity contribution in [3.05, 3.63) is 34.9 Å². The van der Waals surface area contributed by atoms with Gasteiger partial charge in [-0.2, -0.15) is 5.10 Å². The first kappa shape index (κ1) is 9.98. The van der Waals surface area contributed by atoms with Gasteiger partial charge in [0.25, 0.3) is 0 Å². The zero-order valence-corrected chi connectivity index (χ0v) is 9.28. The van der Waals surface area contributed by atoms with E-state index in [0.29, 0.717) is 10.7 Å². The predicted octanol–water partition coefficient (Wildman–Crippen LogP) is 2.12. The molecule has 0 saturated heterocycles. The highest BCUT2D eigenvalue weighted by molar-refractivity contribution is 6.31. The lowest BCUT2D eigenvalue weighted by Crippen LogP contribution is -2.00. The van der Waals surface area contributed by atoms with Gasteiger partial charge in [-0.3, -0.25) is 4.98 Å². The van der Waals surface area contributed by atoms with Gasteiger partial charge in [-0.05, 0) is 19.9 Å². The topological polar surface area (TPSA) is 56.7 Å². The predicted molar refractivity (Wildman–Crippen MR) is 60.3 cm³/mol. The Morgan fingerprint density at radius 3 is 2.60 bits per heavy atom. The van der Waals surface area contributed by atoms with Gasteiger partial charge < -0.3 is 5.73 Å². The van der Waals surface area contributed by atoms with E-state index in [-0.39, 0.29) is 0 Å². The molecule has 2 heterocycles. The second-order valence-electron chi connectivity index (χ2n) is 3.37. The third-order valence-corrected chi connectivity index (χ3v) is 2.74. The highest BCUT2D eigenvalue weighted by Gasteiger charge is 2.10. The Morgan fingerprint density at radius 2 is 2.07 bits per heavy atom. The number of aryl methyl sites for hydroxylation is 1. The average Bonchev–Trinajstić information content (AvgIpc) is 2.46. The van der Waals surface area contributed by atoms with E-state index >= 15 is 0 Å². The van der Waals surface area contributed by atoms with Crippen LogP contribution in [0, 0.1) is 13.8 Å². The molecule has 2 aromatic heterocycles. The summed E-state index contributed by atoms with van der Waals surface area (Å²) in [5.41, 5.74) is 8.78. The molecule has 0 saturated carbocycles. The van der Waals surface area contributed by atoms with Crippen LogP contribution < -0.4 is 5.73 Å². The summed E-state index contributed by atoms with van der Waals surface area (Å²) in [4.78, 5) is 4.01. The first-order valence-corrected chi connectivity index (χ1v) is 4.90. The Balaban J connectivity index is 2.59. The fourth-order valence-corrected chi connectivity index (χ4v) is 1.55. The zero-order valence-electron chi connectivity index (χ0n) is 8.53. The maximum absolute atomic E-state index is 6.05. The molecule has 0 aliphatic rings. The van der Waals surface area contributed by atoms with Crippen molar-refractivity contribution in [3.8, 4) is 5.69 Å². The maximum atomic E-state index is 6.05. The number of aromatic nitrogens is 3. The van der Waals surface area contributed by atoms with Crippen molar-refractivity contribution in [2.45, 2.75) is 13.8 Å². The third-order valence-electron chi connectivity index (χ3n) is 2.19. The van der Waals surface area contributed by atoms with Crippen molar-refractivity contribution < 1.29 is 0 Å². The summed E-state index contributed by atoms with van der Waals surface area (Å²) in [6.07, 6.45) is 3.29. The lowest BCUT2D eigenvalue weighted by Gasteiger charge is -2.03. The van der Waals surface area contributed by atoms with E-state index in [4.69, 9.17) is 17.3 Å². The molecule has 0 aromatic carbocycles. The van der Waals surface area contributed by atoms with Gasteiger partial charge in [0, 0.05) is 6.20 Å². The summed E-state index contributed by atoms with van der Waals surface area (Å²) in [5.74, 6) is 0. The molecule has 0 atom stereocenters. The van der Waals surface area contributed by atoms with E-state index in [9.17, 15) is 0 Å². The van der Waals surface area contributed by atoms with E-state index in [1.165, 1.54) is 0 Å². The summed E-state index contributed by atoms with van der Waals surface area (Å²) < 4.78 is 1.74. The van der Waals surface area contributed by atoms with Gasteiger partial charge in [-0.15, -0.1) is 0 Å². The van der Waals surface area contributed by atoms with Crippen LogP contribution in [0.25, 0.3) is 5.69 Å². The van der Waals surface area contributed by atoms with Crippen LogP contribution >= 0.6 is 11.6 Å². The van der Waals surface area contributed by atoms with Gasteiger partial charge >= 0.3 is 0 Å². The number of pyridine rings is 1. The summed E-state index contributed by atoms with van der Waals surface area (Å²) in [7, 11) is 0. The van der Waals surface area contributed by atoms with Gasteiger partial charge in [0.2, 0.25) is 0 Å². The molecule has 0 radical (unpaired) electrons. The van der Waals surface area contributed by atoms with Gasteiger partial charge in [-0.25, -0.2) is 4.68 Å². The van der Waals surface area contributed by atoms with Crippen molar-refractivity contribution >= 4 is 17.3 Å². The molecule has 2 N–H and O–H groups in total. The van der Waals surface area contributed by atoms with Crippen molar-refractivity contribution in [1.29, 1.82) is 0 Å². The van der Waals surface area contributed by atoms with E-state index in [2.05, 4.69) is 10.1 Å². The van der Waals surface area contributed by atoms with Crippen LogP contribution in [0.4, 0.5) is 5.69 Å². The van der Waals surface area contributed by atoms with E-state index in [0.717, 1.165) is 17.1 Å². The number of nitrogen functional groups attached to an aromatic ring is 1. The Hall–Kier alpha value is -1.55. The number of hydrogen-bond acceptors (Lipinski definition) is 3. The summed E-state index contributed by atoms with van der Waals surface area (Å²) in [6, 6.07) is 1.81. The SMILES string of the molecule is Cc1nn(-c2cncc(N)c2)c(C)c1Cl. The van der Waals surface area contributed by atoms with Crippen molar-refractivity contribution in [2.75, 3.05) is 5.73 Å². The molecule has 0 amide bonds.